The Kier molecular flexibility index (Phi) is 7.98. The summed E-state index contributed by atoms with van der Waals surface area (Å²) in [7, 11) is 0. The van der Waals surface area contributed by atoms with Crippen molar-refractivity contribution in [2.75, 3.05) is 19.6 Å². The van der Waals surface area contributed by atoms with Crippen molar-refractivity contribution in [1.82, 2.24) is 10.2 Å². The Labute approximate surface area is 131 Å². The molecule has 120 valence electrons. The highest BCUT2D eigenvalue weighted by atomic mass is 15.2. The molecule has 1 aromatic rings. The average molecular weight is 290 g/mol. The summed E-state index contributed by atoms with van der Waals surface area (Å²) in [4.78, 5) is 2.60. The minimum Gasteiger partial charge on any atom is -0.309 e. The van der Waals surface area contributed by atoms with Crippen molar-refractivity contribution in [1.29, 1.82) is 0 Å². The van der Waals surface area contributed by atoms with Crippen LogP contribution < -0.4 is 5.32 Å². The number of aryl methyl sites for hydroxylation is 1. The third-order valence-corrected chi connectivity index (χ3v) is 4.11. The van der Waals surface area contributed by atoms with Gasteiger partial charge in [-0.05, 0) is 44.8 Å². The number of nitrogens with zero attached hydrogens (tertiary/aromatic N) is 1. The van der Waals surface area contributed by atoms with Crippen LogP contribution in [0.15, 0.2) is 24.3 Å². The average Bonchev–Trinajstić information content (AvgIpc) is 2.46. The normalized spacial score (nSPS) is 14.7. The van der Waals surface area contributed by atoms with Crippen molar-refractivity contribution in [3.63, 3.8) is 0 Å². The smallest absolute Gasteiger partial charge is 0.0475 e. The van der Waals surface area contributed by atoms with Crippen LogP contribution >= 0.6 is 0 Å². The quantitative estimate of drug-likeness (QED) is 0.725. The van der Waals surface area contributed by atoms with Gasteiger partial charge in [-0.15, -0.1) is 0 Å². The van der Waals surface area contributed by atoms with Crippen LogP contribution in [0.25, 0.3) is 0 Å². The van der Waals surface area contributed by atoms with Gasteiger partial charge < -0.3 is 5.32 Å². The molecule has 0 aromatic heterocycles. The minimum atomic E-state index is 0.407. The van der Waals surface area contributed by atoms with Crippen LogP contribution in [0.2, 0.25) is 0 Å². The molecule has 1 N–H and O–H groups in total. The largest absolute Gasteiger partial charge is 0.309 e. The molecular formula is C19H34N2. The molecule has 1 aromatic carbocycles. The highest BCUT2D eigenvalue weighted by Gasteiger charge is 2.24. The fraction of sp³-hybridized carbons (Fsp3) is 0.684. The maximum absolute atomic E-state index is 3.75. The van der Waals surface area contributed by atoms with E-state index in [0.717, 1.165) is 19.6 Å². The van der Waals surface area contributed by atoms with Crippen LogP contribution in [0.1, 0.15) is 58.2 Å². The molecular weight excluding hydrogens is 256 g/mol. The van der Waals surface area contributed by atoms with E-state index in [4.69, 9.17) is 0 Å². The first kappa shape index (κ1) is 18.2. The molecule has 0 saturated carbocycles. The third kappa shape index (κ3) is 5.80. The molecule has 0 fully saturated rings. The molecule has 0 amide bonds. The first-order chi connectivity index (χ1) is 9.99. The molecule has 0 bridgehead atoms. The molecule has 2 atom stereocenters. The number of rotatable bonds is 9. The van der Waals surface area contributed by atoms with Gasteiger partial charge in [-0.2, -0.15) is 0 Å². The summed E-state index contributed by atoms with van der Waals surface area (Å²) in [5, 5.41) is 3.75. The van der Waals surface area contributed by atoms with E-state index in [1.54, 1.807) is 0 Å². The second-order valence-corrected chi connectivity index (χ2v) is 6.56. The zero-order valence-corrected chi connectivity index (χ0v) is 14.8. The fourth-order valence-corrected chi connectivity index (χ4v) is 2.90. The Balaban J connectivity index is 2.91. The lowest BCUT2D eigenvalue weighted by atomic mass is 9.97. The molecule has 1 rings (SSSR count). The monoisotopic (exact) mass is 290 g/mol. The minimum absolute atomic E-state index is 0.407. The zero-order valence-electron chi connectivity index (χ0n) is 14.8. The predicted molar refractivity (Wildman–Crippen MR) is 93.8 cm³/mol. The van der Waals surface area contributed by atoms with Crippen molar-refractivity contribution in [3.8, 4) is 0 Å². The molecule has 0 aliphatic rings. The molecule has 2 unspecified atom stereocenters. The summed E-state index contributed by atoms with van der Waals surface area (Å²) in [5.41, 5.74) is 2.74. The van der Waals surface area contributed by atoms with Crippen LogP contribution in [0.4, 0.5) is 0 Å². The van der Waals surface area contributed by atoms with Gasteiger partial charge in [0.15, 0.2) is 0 Å². The standard InChI is InChI=1S/C19H34N2/c1-7-13-20-19(18-11-9-16(5)10-12-18)17(6)21(8-2)14-15(3)4/h9-12,15,17,19-20H,7-8,13-14H2,1-6H3. The summed E-state index contributed by atoms with van der Waals surface area (Å²) in [6.45, 7) is 17.0. The number of hydrogen-bond acceptors (Lipinski definition) is 2. The van der Waals surface area contributed by atoms with E-state index in [1.807, 2.05) is 0 Å². The first-order valence-electron chi connectivity index (χ1n) is 8.53. The van der Waals surface area contributed by atoms with Crippen LogP contribution in [0.3, 0.4) is 0 Å². The number of likely N-dealkylation sites (N-methyl/N-ethyl adjacent to an activating group) is 1. The zero-order chi connectivity index (χ0) is 15.8. The first-order valence-corrected chi connectivity index (χ1v) is 8.53. The van der Waals surface area contributed by atoms with E-state index < -0.39 is 0 Å². The highest BCUT2D eigenvalue weighted by molar-refractivity contribution is 5.25. The molecule has 0 aliphatic heterocycles. The SMILES string of the molecule is CCCNC(c1ccc(C)cc1)C(C)N(CC)CC(C)C. The number of hydrogen-bond donors (Lipinski definition) is 1. The summed E-state index contributed by atoms with van der Waals surface area (Å²) in [6, 6.07) is 9.92. The van der Waals surface area contributed by atoms with Crippen molar-refractivity contribution in [3.05, 3.63) is 35.4 Å². The second-order valence-electron chi connectivity index (χ2n) is 6.56. The van der Waals surface area contributed by atoms with E-state index in [-0.39, 0.29) is 0 Å². The Bertz CT molecular complexity index is 383. The van der Waals surface area contributed by atoms with Gasteiger partial charge in [-0.25, -0.2) is 0 Å². The summed E-state index contributed by atoms with van der Waals surface area (Å²) >= 11 is 0. The van der Waals surface area contributed by atoms with Crippen molar-refractivity contribution < 1.29 is 0 Å². The molecule has 0 aliphatic carbocycles. The van der Waals surface area contributed by atoms with Crippen molar-refractivity contribution in [2.24, 2.45) is 5.92 Å². The molecule has 2 heteroatoms. The lowest BCUT2D eigenvalue weighted by molar-refractivity contribution is 0.159. The third-order valence-electron chi connectivity index (χ3n) is 4.11. The molecule has 0 spiro atoms. The predicted octanol–water partition coefficient (Wildman–Crippen LogP) is 4.40. The summed E-state index contributed by atoms with van der Waals surface area (Å²) in [6.07, 6.45) is 1.17. The van der Waals surface area contributed by atoms with Gasteiger partial charge in [0, 0.05) is 18.6 Å². The number of nitrogens with one attached hydrogen (secondary N) is 1. The number of benzene rings is 1. The fourth-order valence-electron chi connectivity index (χ4n) is 2.90. The van der Waals surface area contributed by atoms with Crippen LogP contribution in [-0.2, 0) is 0 Å². The Morgan fingerprint density at radius 2 is 1.67 bits per heavy atom. The van der Waals surface area contributed by atoms with Crippen molar-refractivity contribution in [2.45, 2.75) is 60.0 Å². The Hall–Kier alpha value is -0.860. The van der Waals surface area contributed by atoms with E-state index in [1.165, 1.54) is 17.5 Å². The molecule has 0 heterocycles. The summed E-state index contributed by atoms with van der Waals surface area (Å²) < 4.78 is 0. The van der Waals surface area contributed by atoms with Gasteiger partial charge >= 0.3 is 0 Å². The topological polar surface area (TPSA) is 15.3 Å². The van der Waals surface area contributed by atoms with Gasteiger partial charge in [0.1, 0.15) is 0 Å². The molecule has 0 radical (unpaired) electrons. The van der Waals surface area contributed by atoms with E-state index in [2.05, 4.69) is 76.0 Å². The maximum atomic E-state index is 3.75. The van der Waals surface area contributed by atoms with E-state index in [0.29, 0.717) is 18.0 Å². The van der Waals surface area contributed by atoms with Crippen molar-refractivity contribution >= 4 is 0 Å². The van der Waals surface area contributed by atoms with E-state index >= 15 is 0 Å². The Morgan fingerprint density at radius 1 is 1.05 bits per heavy atom. The van der Waals surface area contributed by atoms with Gasteiger partial charge in [-0.1, -0.05) is 57.5 Å². The molecule has 21 heavy (non-hydrogen) atoms. The van der Waals surface area contributed by atoms with E-state index in [9.17, 15) is 0 Å². The van der Waals surface area contributed by atoms with Gasteiger partial charge in [0.2, 0.25) is 0 Å². The maximum Gasteiger partial charge on any atom is 0.0475 e. The molecule has 2 nitrogen and oxygen atoms in total. The van der Waals surface area contributed by atoms with Gasteiger partial charge in [0.05, 0.1) is 0 Å². The lowest BCUT2D eigenvalue weighted by Crippen LogP contribution is -2.44. The lowest BCUT2D eigenvalue weighted by Gasteiger charge is -2.36. The molecule has 0 saturated heterocycles. The van der Waals surface area contributed by atoms with Crippen LogP contribution in [0.5, 0.6) is 0 Å². The van der Waals surface area contributed by atoms with Gasteiger partial charge in [0.25, 0.3) is 0 Å². The van der Waals surface area contributed by atoms with Gasteiger partial charge in [-0.3, -0.25) is 4.90 Å². The van der Waals surface area contributed by atoms with Crippen LogP contribution in [0, 0.1) is 12.8 Å². The van der Waals surface area contributed by atoms with Crippen LogP contribution in [-0.4, -0.2) is 30.6 Å². The second kappa shape index (κ2) is 9.22. The Morgan fingerprint density at radius 3 is 2.14 bits per heavy atom. The highest BCUT2D eigenvalue weighted by Crippen LogP contribution is 2.22. The summed E-state index contributed by atoms with van der Waals surface area (Å²) in [5.74, 6) is 0.706.